The van der Waals surface area contributed by atoms with Crippen molar-refractivity contribution in [2.45, 2.75) is 18.7 Å². The van der Waals surface area contributed by atoms with Crippen LogP contribution in [0.4, 0.5) is 5.69 Å². The number of nitrogens with one attached hydrogen (secondary N) is 1. The standard InChI is InChI=1S/C27H28N2O6/c1-33-22-13-7-19(8-14-22)15-29-24(16-34-18-26(29)31)27(32)20-9-11-21(12-10-20)28-25(30)17-35-23-5-3-2-4-6-23/h2-14,24,27,32H,15-18H2,1H3,(H,28,30). The number of aliphatic hydroxyl groups is 1. The molecule has 35 heavy (non-hydrogen) atoms. The molecule has 0 saturated carbocycles. The van der Waals surface area contributed by atoms with Crippen molar-refractivity contribution in [3.63, 3.8) is 0 Å². The molecule has 182 valence electrons. The number of hydrogen-bond acceptors (Lipinski definition) is 6. The zero-order valence-electron chi connectivity index (χ0n) is 19.4. The van der Waals surface area contributed by atoms with Crippen LogP contribution in [0, 0.1) is 0 Å². The maximum atomic E-state index is 12.6. The first-order valence-electron chi connectivity index (χ1n) is 11.3. The number of amides is 2. The van der Waals surface area contributed by atoms with Gasteiger partial charge >= 0.3 is 0 Å². The lowest BCUT2D eigenvalue weighted by atomic mass is 9.99. The van der Waals surface area contributed by atoms with Crippen molar-refractivity contribution >= 4 is 17.5 Å². The number of carbonyl (C=O) groups excluding carboxylic acids is 2. The summed E-state index contributed by atoms with van der Waals surface area (Å²) in [4.78, 5) is 26.4. The summed E-state index contributed by atoms with van der Waals surface area (Å²) in [5.74, 6) is 0.875. The topological polar surface area (TPSA) is 97.3 Å². The van der Waals surface area contributed by atoms with Gasteiger partial charge < -0.3 is 29.5 Å². The first-order valence-corrected chi connectivity index (χ1v) is 11.3. The molecule has 1 saturated heterocycles. The third-order valence-electron chi connectivity index (χ3n) is 5.76. The molecule has 4 rings (SSSR count). The Hall–Kier alpha value is -3.88. The molecule has 0 bridgehead atoms. The minimum Gasteiger partial charge on any atom is -0.497 e. The summed E-state index contributed by atoms with van der Waals surface area (Å²) in [6.07, 6.45) is -0.955. The second-order valence-corrected chi connectivity index (χ2v) is 8.17. The summed E-state index contributed by atoms with van der Waals surface area (Å²) in [5, 5.41) is 13.8. The van der Waals surface area contributed by atoms with Crippen LogP contribution in [0.5, 0.6) is 11.5 Å². The van der Waals surface area contributed by atoms with Crippen molar-refractivity contribution < 1.29 is 28.9 Å². The number of carbonyl (C=O) groups is 2. The van der Waals surface area contributed by atoms with Crippen LogP contribution in [0.1, 0.15) is 17.2 Å². The highest BCUT2D eigenvalue weighted by molar-refractivity contribution is 5.91. The van der Waals surface area contributed by atoms with Gasteiger partial charge in [-0.2, -0.15) is 0 Å². The third-order valence-corrected chi connectivity index (χ3v) is 5.76. The van der Waals surface area contributed by atoms with E-state index in [0.717, 1.165) is 11.3 Å². The zero-order chi connectivity index (χ0) is 24.6. The number of benzene rings is 3. The van der Waals surface area contributed by atoms with Gasteiger partial charge in [-0.15, -0.1) is 0 Å². The molecule has 0 aromatic heterocycles. The van der Waals surface area contributed by atoms with Gasteiger partial charge in [-0.25, -0.2) is 0 Å². The summed E-state index contributed by atoms with van der Waals surface area (Å²) in [7, 11) is 1.60. The fraction of sp³-hybridized carbons (Fsp3) is 0.259. The molecule has 2 atom stereocenters. The van der Waals surface area contributed by atoms with Crippen molar-refractivity contribution in [3.05, 3.63) is 90.0 Å². The number of ether oxygens (including phenoxy) is 3. The highest BCUT2D eigenvalue weighted by atomic mass is 16.5. The van der Waals surface area contributed by atoms with E-state index in [1.54, 1.807) is 48.4 Å². The lowest BCUT2D eigenvalue weighted by molar-refractivity contribution is -0.155. The van der Waals surface area contributed by atoms with E-state index < -0.39 is 12.1 Å². The molecule has 8 heteroatoms. The van der Waals surface area contributed by atoms with E-state index in [4.69, 9.17) is 14.2 Å². The van der Waals surface area contributed by atoms with Crippen LogP contribution in [0.3, 0.4) is 0 Å². The van der Waals surface area contributed by atoms with E-state index in [9.17, 15) is 14.7 Å². The van der Waals surface area contributed by atoms with Crippen LogP contribution in [-0.4, -0.2) is 54.8 Å². The second-order valence-electron chi connectivity index (χ2n) is 8.17. The maximum Gasteiger partial charge on any atom is 0.262 e. The molecule has 3 aromatic carbocycles. The van der Waals surface area contributed by atoms with E-state index in [1.165, 1.54) is 0 Å². The Bertz CT molecular complexity index is 1120. The first-order chi connectivity index (χ1) is 17.0. The molecule has 0 spiro atoms. The number of para-hydroxylation sites is 1. The largest absolute Gasteiger partial charge is 0.497 e. The highest BCUT2D eigenvalue weighted by Crippen LogP contribution is 2.27. The number of aliphatic hydroxyl groups excluding tert-OH is 1. The Morgan fingerprint density at radius 1 is 1.06 bits per heavy atom. The van der Waals surface area contributed by atoms with Gasteiger partial charge in [0, 0.05) is 12.2 Å². The monoisotopic (exact) mass is 476 g/mol. The van der Waals surface area contributed by atoms with Gasteiger partial charge in [0.2, 0.25) is 5.91 Å². The Labute approximate surface area is 204 Å². The maximum absolute atomic E-state index is 12.6. The molecule has 8 nitrogen and oxygen atoms in total. The van der Waals surface area contributed by atoms with E-state index in [2.05, 4.69) is 5.32 Å². The number of nitrogens with zero attached hydrogens (tertiary/aromatic N) is 1. The molecule has 2 amide bonds. The number of hydrogen-bond donors (Lipinski definition) is 2. The molecule has 0 radical (unpaired) electrons. The number of rotatable bonds is 9. The fourth-order valence-corrected chi connectivity index (χ4v) is 3.87. The van der Waals surface area contributed by atoms with Gasteiger partial charge in [0.1, 0.15) is 24.2 Å². The molecule has 1 heterocycles. The van der Waals surface area contributed by atoms with Gasteiger partial charge in [0.05, 0.1) is 19.8 Å². The van der Waals surface area contributed by atoms with Gasteiger partial charge in [-0.05, 0) is 47.5 Å². The van der Waals surface area contributed by atoms with Crippen molar-refractivity contribution in [1.29, 1.82) is 0 Å². The Morgan fingerprint density at radius 3 is 2.46 bits per heavy atom. The first kappa shape index (κ1) is 24.3. The summed E-state index contributed by atoms with van der Waals surface area (Å²) in [6.45, 7) is 0.438. The molecule has 0 aliphatic carbocycles. The molecule has 3 aromatic rings. The summed E-state index contributed by atoms with van der Waals surface area (Å²) >= 11 is 0. The normalized spacial score (nSPS) is 16.5. The summed E-state index contributed by atoms with van der Waals surface area (Å²) in [5.41, 5.74) is 2.12. The lowest BCUT2D eigenvalue weighted by Gasteiger charge is -2.38. The van der Waals surface area contributed by atoms with Gasteiger partial charge in [-0.1, -0.05) is 42.5 Å². The van der Waals surface area contributed by atoms with Crippen molar-refractivity contribution in [2.75, 3.05) is 32.2 Å². The second kappa shape index (κ2) is 11.5. The molecule has 1 fully saturated rings. The molecule has 1 aliphatic heterocycles. The van der Waals surface area contributed by atoms with Crippen LogP contribution in [0.2, 0.25) is 0 Å². The molecule has 1 aliphatic rings. The molecule has 2 N–H and O–H groups in total. The number of methoxy groups -OCH3 is 1. The smallest absolute Gasteiger partial charge is 0.262 e. The Morgan fingerprint density at radius 2 is 1.77 bits per heavy atom. The third kappa shape index (κ3) is 6.38. The number of anilines is 1. The Balaban J connectivity index is 1.38. The van der Waals surface area contributed by atoms with Crippen molar-refractivity contribution in [3.8, 4) is 11.5 Å². The SMILES string of the molecule is COc1ccc(CN2C(=O)COCC2C(O)c2ccc(NC(=O)COc3ccccc3)cc2)cc1. The Kier molecular flexibility index (Phi) is 7.97. The van der Waals surface area contributed by atoms with Crippen LogP contribution < -0.4 is 14.8 Å². The van der Waals surface area contributed by atoms with Gasteiger partial charge in [-0.3, -0.25) is 9.59 Å². The van der Waals surface area contributed by atoms with E-state index in [-0.39, 0.29) is 31.6 Å². The van der Waals surface area contributed by atoms with Crippen molar-refractivity contribution in [1.82, 2.24) is 4.90 Å². The minimum atomic E-state index is -0.955. The van der Waals surface area contributed by atoms with Crippen LogP contribution >= 0.6 is 0 Å². The predicted molar refractivity (Wildman–Crippen MR) is 130 cm³/mol. The predicted octanol–water partition coefficient (Wildman–Crippen LogP) is 3.17. The lowest BCUT2D eigenvalue weighted by Crippen LogP contribution is -2.51. The number of morpholine rings is 1. The average molecular weight is 477 g/mol. The average Bonchev–Trinajstić information content (AvgIpc) is 2.90. The summed E-state index contributed by atoms with van der Waals surface area (Å²) < 4.78 is 16.1. The summed E-state index contributed by atoms with van der Waals surface area (Å²) in [6, 6.07) is 22.9. The van der Waals surface area contributed by atoms with E-state index in [0.29, 0.717) is 23.5 Å². The molecular weight excluding hydrogens is 448 g/mol. The van der Waals surface area contributed by atoms with Crippen LogP contribution in [0.15, 0.2) is 78.9 Å². The van der Waals surface area contributed by atoms with E-state index >= 15 is 0 Å². The van der Waals surface area contributed by atoms with E-state index in [1.807, 2.05) is 42.5 Å². The molecule has 2 unspecified atom stereocenters. The highest BCUT2D eigenvalue weighted by Gasteiger charge is 2.34. The van der Waals surface area contributed by atoms with Gasteiger partial charge in [0.15, 0.2) is 6.61 Å². The zero-order valence-corrected chi connectivity index (χ0v) is 19.4. The van der Waals surface area contributed by atoms with Crippen LogP contribution in [-0.2, 0) is 20.9 Å². The quantitative estimate of drug-likeness (QED) is 0.492. The van der Waals surface area contributed by atoms with Crippen molar-refractivity contribution in [2.24, 2.45) is 0 Å². The van der Waals surface area contributed by atoms with Gasteiger partial charge in [0.25, 0.3) is 5.91 Å². The molecular formula is C27H28N2O6. The minimum absolute atomic E-state index is 0.0185. The fourth-order valence-electron chi connectivity index (χ4n) is 3.87. The van der Waals surface area contributed by atoms with Crippen LogP contribution in [0.25, 0.3) is 0 Å².